The first-order valence-corrected chi connectivity index (χ1v) is 9.56. The Hall–Kier alpha value is -2.89. The van der Waals surface area contributed by atoms with Crippen molar-refractivity contribution in [2.45, 2.75) is 51.6 Å². The van der Waals surface area contributed by atoms with Crippen molar-refractivity contribution < 1.29 is 4.79 Å². The molecule has 1 fully saturated rings. The number of imidazole rings is 1. The van der Waals surface area contributed by atoms with Crippen LogP contribution in [0.5, 0.6) is 0 Å². The number of pyridine rings is 1. The molecule has 1 amide bonds. The number of carbonyl (C=O) groups excluding carboxylic acids is 1. The normalized spacial score (nSPS) is 15.1. The van der Waals surface area contributed by atoms with Crippen molar-refractivity contribution in [1.82, 2.24) is 14.1 Å². The van der Waals surface area contributed by atoms with Crippen LogP contribution in [0.4, 0.5) is 5.69 Å². The lowest BCUT2D eigenvalue weighted by Gasteiger charge is -2.22. The van der Waals surface area contributed by atoms with E-state index >= 15 is 0 Å². The fraction of sp³-hybridized carbons (Fsp3) is 0.381. The third-order valence-electron chi connectivity index (χ3n) is 5.30. The van der Waals surface area contributed by atoms with Crippen molar-refractivity contribution in [2.24, 2.45) is 0 Å². The lowest BCUT2D eigenvalue weighted by molar-refractivity contribution is -0.116. The van der Waals surface area contributed by atoms with Crippen molar-refractivity contribution in [3.63, 3.8) is 0 Å². The van der Waals surface area contributed by atoms with Crippen LogP contribution in [0, 0.1) is 6.92 Å². The van der Waals surface area contributed by atoms with Crippen LogP contribution in [-0.2, 0) is 11.3 Å². The maximum absolute atomic E-state index is 13.1. The molecule has 1 aliphatic carbocycles. The average Bonchev–Trinajstić information content (AvgIpc) is 2.96. The van der Waals surface area contributed by atoms with E-state index < -0.39 is 0 Å². The highest BCUT2D eigenvalue weighted by molar-refractivity contribution is 5.91. The Morgan fingerprint density at radius 1 is 1.15 bits per heavy atom. The average molecular weight is 364 g/mol. The summed E-state index contributed by atoms with van der Waals surface area (Å²) in [7, 11) is 0. The second kappa shape index (κ2) is 7.39. The van der Waals surface area contributed by atoms with E-state index in [1.807, 2.05) is 37.3 Å². The number of amides is 1. The van der Waals surface area contributed by atoms with Crippen molar-refractivity contribution in [3.8, 4) is 0 Å². The van der Waals surface area contributed by atoms with Crippen LogP contribution < -0.4 is 11.0 Å². The van der Waals surface area contributed by atoms with E-state index in [1.54, 1.807) is 21.4 Å². The Morgan fingerprint density at radius 2 is 1.89 bits per heavy atom. The molecule has 6 nitrogen and oxygen atoms in total. The zero-order valence-electron chi connectivity index (χ0n) is 15.5. The Kier molecular flexibility index (Phi) is 4.79. The number of aryl methyl sites for hydroxylation is 1. The number of hydrogen-bond donors (Lipinski definition) is 1. The van der Waals surface area contributed by atoms with Gasteiger partial charge in [-0.1, -0.05) is 37.0 Å². The first-order valence-electron chi connectivity index (χ1n) is 9.56. The van der Waals surface area contributed by atoms with Gasteiger partial charge in [0.25, 0.3) is 0 Å². The van der Waals surface area contributed by atoms with Gasteiger partial charge in [0.05, 0.1) is 5.52 Å². The van der Waals surface area contributed by atoms with Crippen LogP contribution in [0.1, 0.15) is 43.7 Å². The maximum atomic E-state index is 13.1. The first-order chi connectivity index (χ1) is 13.1. The molecule has 140 valence electrons. The molecule has 2 heterocycles. The van der Waals surface area contributed by atoms with Gasteiger partial charge in [-0.05, 0) is 44.0 Å². The Bertz CT molecular complexity index is 1010. The number of nitrogens with zero attached hydrogens (tertiary/aromatic N) is 3. The van der Waals surface area contributed by atoms with Crippen LogP contribution in [0.25, 0.3) is 11.2 Å². The van der Waals surface area contributed by atoms with E-state index in [1.165, 1.54) is 6.42 Å². The summed E-state index contributed by atoms with van der Waals surface area (Å²) in [5.74, 6) is -0.215. The van der Waals surface area contributed by atoms with Crippen LogP contribution in [0.3, 0.4) is 0 Å². The summed E-state index contributed by atoms with van der Waals surface area (Å²) in [6.45, 7) is 1.98. The number of hydrogen-bond acceptors (Lipinski definition) is 3. The molecule has 0 saturated heterocycles. The van der Waals surface area contributed by atoms with E-state index in [0.29, 0.717) is 11.2 Å². The fourth-order valence-corrected chi connectivity index (χ4v) is 3.91. The second-order valence-corrected chi connectivity index (χ2v) is 7.29. The molecule has 6 heteroatoms. The quantitative estimate of drug-likeness (QED) is 0.768. The summed E-state index contributed by atoms with van der Waals surface area (Å²) in [6.07, 6.45) is 7.17. The third-order valence-corrected chi connectivity index (χ3v) is 5.30. The molecular weight excluding hydrogens is 340 g/mol. The molecule has 27 heavy (non-hydrogen) atoms. The van der Waals surface area contributed by atoms with Gasteiger partial charge in [-0.3, -0.25) is 13.9 Å². The molecule has 0 aliphatic heterocycles. The number of anilines is 1. The molecule has 0 unspecified atom stereocenters. The van der Waals surface area contributed by atoms with Gasteiger partial charge in [-0.15, -0.1) is 0 Å². The van der Waals surface area contributed by atoms with Crippen LogP contribution in [0.15, 0.2) is 47.4 Å². The highest BCUT2D eigenvalue weighted by atomic mass is 16.2. The molecule has 1 N–H and O–H groups in total. The minimum atomic E-state index is -0.215. The summed E-state index contributed by atoms with van der Waals surface area (Å²) >= 11 is 0. The molecule has 3 aromatic rings. The minimum Gasteiger partial charge on any atom is -0.325 e. The van der Waals surface area contributed by atoms with Crippen LogP contribution in [0.2, 0.25) is 0 Å². The lowest BCUT2D eigenvalue weighted by atomic mass is 9.95. The minimum absolute atomic E-state index is 0.0192. The predicted molar refractivity (Wildman–Crippen MR) is 106 cm³/mol. The van der Waals surface area contributed by atoms with Crippen LogP contribution >= 0.6 is 0 Å². The smallest absolute Gasteiger partial charge is 0.325 e. The number of carbonyl (C=O) groups is 1. The molecule has 0 spiro atoms. The number of rotatable bonds is 4. The van der Waals surface area contributed by atoms with E-state index in [9.17, 15) is 9.59 Å². The highest BCUT2D eigenvalue weighted by Crippen LogP contribution is 2.29. The third kappa shape index (κ3) is 3.52. The van der Waals surface area contributed by atoms with Gasteiger partial charge >= 0.3 is 5.69 Å². The number of fused-ring (bicyclic) bond motifs is 1. The zero-order chi connectivity index (χ0) is 18.8. The van der Waals surface area contributed by atoms with Gasteiger partial charge in [-0.25, -0.2) is 9.78 Å². The van der Waals surface area contributed by atoms with Gasteiger partial charge in [-0.2, -0.15) is 0 Å². The van der Waals surface area contributed by atoms with Gasteiger partial charge in [0.15, 0.2) is 5.65 Å². The largest absolute Gasteiger partial charge is 0.331 e. The molecular formula is C21H24N4O2. The first kappa shape index (κ1) is 17.5. The van der Waals surface area contributed by atoms with E-state index in [0.717, 1.165) is 36.9 Å². The van der Waals surface area contributed by atoms with Gasteiger partial charge in [0.2, 0.25) is 5.91 Å². The molecule has 1 aromatic carbocycles. The van der Waals surface area contributed by atoms with Gasteiger partial charge in [0.1, 0.15) is 6.54 Å². The zero-order valence-corrected chi connectivity index (χ0v) is 15.5. The van der Waals surface area contributed by atoms with Crippen molar-refractivity contribution >= 4 is 22.8 Å². The molecule has 1 aliphatic rings. The highest BCUT2D eigenvalue weighted by Gasteiger charge is 2.23. The number of nitrogens with one attached hydrogen (secondary N) is 1. The van der Waals surface area contributed by atoms with Crippen LogP contribution in [-0.4, -0.2) is 20.0 Å². The lowest BCUT2D eigenvalue weighted by Crippen LogP contribution is -2.31. The topological polar surface area (TPSA) is 68.9 Å². The summed E-state index contributed by atoms with van der Waals surface area (Å²) < 4.78 is 3.34. The molecule has 4 rings (SSSR count). The number of aromatic nitrogens is 3. The SMILES string of the molecule is Cc1ccc(NC(=O)Cn2c(=O)n(C3CCCCC3)c3ncccc32)cc1. The van der Waals surface area contributed by atoms with Crippen molar-refractivity contribution in [2.75, 3.05) is 5.32 Å². The predicted octanol–water partition coefficient (Wildman–Crippen LogP) is 3.65. The Balaban J connectivity index is 1.65. The fourth-order valence-electron chi connectivity index (χ4n) is 3.91. The summed E-state index contributed by atoms with van der Waals surface area (Å²) in [5, 5.41) is 2.87. The molecule has 2 aromatic heterocycles. The Labute approximate surface area is 157 Å². The monoisotopic (exact) mass is 364 g/mol. The molecule has 0 radical (unpaired) electrons. The summed E-state index contributed by atoms with van der Waals surface area (Å²) in [6, 6.07) is 11.5. The van der Waals surface area contributed by atoms with E-state index in [-0.39, 0.29) is 24.2 Å². The maximum Gasteiger partial charge on any atom is 0.331 e. The summed E-state index contributed by atoms with van der Waals surface area (Å²) in [4.78, 5) is 30.1. The number of benzene rings is 1. The van der Waals surface area contributed by atoms with Crippen molar-refractivity contribution in [1.29, 1.82) is 0 Å². The van der Waals surface area contributed by atoms with Gasteiger partial charge in [0, 0.05) is 17.9 Å². The van der Waals surface area contributed by atoms with E-state index in [2.05, 4.69) is 10.3 Å². The molecule has 0 atom stereocenters. The van der Waals surface area contributed by atoms with Gasteiger partial charge < -0.3 is 5.32 Å². The van der Waals surface area contributed by atoms with Crippen molar-refractivity contribution in [3.05, 3.63) is 58.6 Å². The second-order valence-electron chi connectivity index (χ2n) is 7.29. The van der Waals surface area contributed by atoms with E-state index in [4.69, 9.17) is 0 Å². The standard InChI is InChI=1S/C21H24N4O2/c1-15-9-11-16(12-10-15)23-19(26)14-24-18-8-5-13-22-20(18)25(21(24)27)17-6-3-2-4-7-17/h5,8-13,17H,2-4,6-7,14H2,1H3,(H,23,26). The Morgan fingerprint density at radius 3 is 2.63 bits per heavy atom. The summed E-state index contributed by atoms with van der Waals surface area (Å²) in [5.41, 5.74) is 3.11. The molecule has 1 saturated carbocycles. The molecule has 0 bridgehead atoms.